The zero-order chi connectivity index (χ0) is 19.6. The lowest BCUT2D eigenvalue weighted by Gasteiger charge is -2.18. The van der Waals surface area contributed by atoms with Crippen molar-refractivity contribution in [3.63, 3.8) is 0 Å². The fourth-order valence-corrected chi connectivity index (χ4v) is 4.53. The van der Waals surface area contributed by atoms with Crippen LogP contribution in [0.3, 0.4) is 0 Å². The number of hydrogen-bond acceptors (Lipinski definition) is 4. The van der Waals surface area contributed by atoms with Gasteiger partial charge in [-0.25, -0.2) is 0 Å². The van der Waals surface area contributed by atoms with E-state index in [0.717, 1.165) is 33.1 Å². The second-order valence-corrected chi connectivity index (χ2v) is 8.26. The molecule has 0 radical (unpaired) electrons. The van der Waals surface area contributed by atoms with Gasteiger partial charge < -0.3 is 14.4 Å². The van der Waals surface area contributed by atoms with E-state index in [0.29, 0.717) is 29.1 Å². The number of aliphatic hydroxyl groups is 1. The highest BCUT2D eigenvalue weighted by Crippen LogP contribution is 2.29. The normalized spacial score (nSPS) is 13.0. The summed E-state index contributed by atoms with van der Waals surface area (Å²) in [5, 5.41) is 9.51. The number of fused-ring (bicyclic) bond motifs is 1. The molecule has 1 aliphatic carbocycles. The minimum absolute atomic E-state index is 0.0352. The molecular weight excluding hydrogens is 481 g/mol. The van der Waals surface area contributed by atoms with Crippen LogP contribution >= 0.6 is 34.2 Å². The Labute approximate surface area is 176 Å². The third kappa shape index (κ3) is 4.29. The van der Waals surface area contributed by atoms with Gasteiger partial charge in [0, 0.05) is 38.9 Å². The number of benzene rings is 1. The van der Waals surface area contributed by atoms with E-state index in [1.54, 1.807) is 11.6 Å². The summed E-state index contributed by atoms with van der Waals surface area (Å²) in [4.78, 5) is 25.7. The molecule has 1 aliphatic rings. The van der Waals surface area contributed by atoms with Gasteiger partial charge in [0.1, 0.15) is 6.61 Å². The molecule has 0 unspecified atom stereocenters. The van der Waals surface area contributed by atoms with E-state index in [1.165, 1.54) is 0 Å². The Morgan fingerprint density at radius 3 is 2.78 bits per heavy atom. The predicted octanol–water partition coefficient (Wildman–Crippen LogP) is 2.91. The van der Waals surface area contributed by atoms with Crippen LogP contribution in [-0.2, 0) is 31.0 Å². The van der Waals surface area contributed by atoms with Crippen molar-refractivity contribution in [2.75, 3.05) is 19.8 Å². The molecule has 27 heavy (non-hydrogen) atoms. The lowest BCUT2D eigenvalue weighted by molar-refractivity contribution is 0.0661. The summed E-state index contributed by atoms with van der Waals surface area (Å²) in [6.07, 6.45) is 2.69. The Morgan fingerprint density at radius 1 is 1.33 bits per heavy atom. The van der Waals surface area contributed by atoms with Crippen molar-refractivity contribution in [2.24, 2.45) is 7.05 Å². The van der Waals surface area contributed by atoms with Crippen LogP contribution in [0.25, 0.3) is 0 Å². The van der Waals surface area contributed by atoms with Gasteiger partial charge in [-0.3, -0.25) is 9.59 Å². The summed E-state index contributed by atoms with van der Waals surface area (Å²) >= 11 is 8.59. The molecule has 1 heterocycles. The first-order valence-corrected chi connectivity index (χ1v) is 10.3. The van der Waals surface area contributed by atoms with E-state index >= 15 is 0 Å². The Hall–Kier alpha value is -1.22. The van der Waals surface area contributed by atoms with Crippen LogP contribution in [0.5, 0.6) is 0 Å². The number of ether oxygens (including phenoxy) is 1. The highest BCUT2D eigenvalue weighted by Gasteiger charge is 2.27. The van der Waals surface area contributed by atoms with Gasteiger partial charge in [-0.1, -0.05) is 17.7 Å². The van der Waals surface area contributed by atoms with Crippen molar-refractivity contribution < 1.29 is 14.6 Å². The largest absolute Gasteiger partial charge is 0.394 e. The van der Waals surface area contributed by atoms with Gasteiger partial charge in [0.2, 0.25) is 0 Å². The molecule has 1 aromatic carbocycles. The molecule has 0 atom stereocenters. The van der Waals surface area contributed by atoms with Crippen LogP contribution in [0.15, 0.2) is 23.0 Å². The summed E-state index contributed by atoms with van der Waals surface area (Å²) in [6, 6.07) is 5.76. The average molecular weight is 502 g/mol. The molecule has 144 valence electrons. The number of Topliss-reactive ketones (excluding diaryl/α,β-unsaturated/α-hetero) is 1. The second kappa shape index (κ2) is 8.86. The summed E-state index contributed by atoms with van der Waals surface area (Å²) in [5.41, 5.74) is 3.67. The number of rotatable bonds is 7. The zero-order valence-electron chi connectivity index (χ0n) is 15.1. The first kappa shape index (κ1) is 20.5. The van der Waals surface area contributed by atoms with Gasteiger partial charge in [0.25, 0.3) is 5.56 Å². The average Bonchev–Trinajstić information content (AvgIpc) is 3.11. The van der Waals surface area contributed by atoms with Crippen LogP contribution in [0, 0.1) is 3.57 Å². The molecule has 0 bridgehead atoms. The van der Waals surface area contributed by atoms with Gasteiger partial charge in [-0.2, -0.15) is 0 Å². The van der Waals surface area contributed by atoms with Gasteiger partial charge in [-0.05, 0) is 65.1 Å². The highest BCUT2D eigenvalue weighted by molar-refractivity contribution is 14.1. The highest BCUT2D eigenvalue weighted by atomic mass is 127. The van der Waals surface area contributed by atoms with E-state index in [2.05, 4.69) is 22.6 Å². The minimum Gasteiger partial charge on any atom is -0.394 e. The third-order valence-electron chi connectivity index (χ3n) is 4.90. The third-order valence-corrected chi connectivity index (χ3v) is 5.92. The molecule has 5 nitrogen and oxygen atoms in total. The molecule has 2 aromatic rings. The Balaban J connectivity index is 2.09. The number of pyridine rings is 1. The zero-order valence-corrected chi connectivity index (χ0v) is 18.0. The summed E-state index contributed by atoms with van der Waals surface area (Å²) < 4.78 is 7.87. The van der Waals surface area contributed by atoms with Crippen LogP contribution in [0.2, 0.25) is 5.02 Å². The number of aliphatic hydroxyl groups excluding tert-OH is 1. The van der Waals surface area contributed by atoms with Crippen molar-refractivity contribution in [2.45, 2.75) is 25.7 Å². The Kier molecular flexibility index (Phi) is 6.73. The first-order chi connectivity index (χ1) is 12.9. The molecule has 1 aromatic heterocycles. The molecule has 0 saturated carbocycles. The lowest BCUT2D eigenvalue weighted by atomic mass is 9.95. The van der Waals surface area contributed by atoms with Crippen LogP contribution in [-0.4, -0.2) is 35.3 Å². The number of nitrogens with zero attached hydrogens (tertiary/aromatic N) is 1. The van der Waals surface area contributed by atoms with Crippen LogP contribution < -0.4 is 5.56 Å². The molecule has 0 spiro atoms. The number of hydrogen-bond donors (Lipinski definition) is 1. The van der Waals surface area contributed by atoms with E-state index in [1.807, 2.05) is 18.2 Å². The summed E-state index contributed by atoms with van der Waals surface area (Å²) in [5.74, 6) is -0.158. The molecular formula is C20H21ClINO4. The number of carbonyl (C=O) groups is 1. The van der Waals surface area contributed by atoms with Crippen molar-refractivity contribution >= 4 is 40.0 Å². The quantitative estimate of drug-likeness (QED) is 0.360. The molecule has 0 aliphatic heterocycles. The molecule has 3 rings (SSSR count). The first-order valence-electron chi connectivity index (χ1n) is 8.83. The van der Waals surface area contributed by atoms with E-state index in [-0.39, 0.29) is 31.2 Å². The van der Waals surface area contributed by atoms with Gasteiger partial charge in [0.05, 0.1) is 13.2 Å². The molecule has 7 heteroatoms. The van der Waals surface area contributed by atoms with Crippen molar-refractivity contribution in [3.8, 4) is 0 Å². The number of carbonyl (C=O) groups excluding carboxylic acids is 1. The monoisotopic (exact) mass is 501 g/mol. The molecule has 0 amide bonds. The van der Waals surface area contributed by atoms with E-state index in [9.17, 15) is 9.59 Å². The van der Waals surface area contributed by atoms with Crippen molar-refractivity contribution in [1.82, 2.24) is 4.57 Å². The maximum absolute atomic E-state index is 12.9. The molecule has 1 N–H and O–H groups in total. The standard InChI is InChI=1S/C20H21ClINO4/c1-23-17(9-12-5-6-13(22)10-16(12)21)19(18(25)11-27-8-7-24)14-3-2-4-15(14)20(23)26/h5-6,10,24H,2-4,7-9,11H2,1H3. The second-order valence-electron chi connectivity index (χ2n) is 6.61. The van der Waals surface area contributed by atoms with E-state index < -0.39 is 0 Å². The minimum atomic E-state index is -0.158. The smallest absolute Gasteiger partial charge is 0.254 e. The summed E-state index contributed by atoms with van der Waals surface area (Å²) in [6.45, 7) is -0.139. The van der Waals surface area contributed by atoms with Crippen LogP contribution in [0.1, 0.15) is 39.2 Å². The predicted molar refractivity (Wildman–Crippen MR) is 113 cm³/mol. The van der Waals surface area contributed by atoms with Gasteiger partial charge in [-0.15, -0.1) is 0 Å². The maximum atomic E-state index is 12.9. The fraction of sp³-hybridized carbons (Fsp3) is 0.400. The number of aromatic nitrogens is 1. The van der Waals surface area contributed by atoms with Gasteiger partial charge >= 0.3 is 0 Å². The van der Waals surface area contributed by atoms with Gasteiger partial charge in [0.15, 0.2) is 5.78 Å². The van der Waals surface area contributed by atoms with Crippen molar-refractivity contribution in [3.05, 3.63) is 65.1 Å². The fourth-order valence-electron chi connectivity index (χ4n) is 3.61. The van der Waals surface area contributed by atoms with E-state index in [4.69, 9.17) is 21.4 Å². The number of ketones is 1. The topological polar surface area (TPSA) is 68.5 Å². The summed E-state index contributed by atoms with van der Waals surface area (Å²) in [7, 11) is 1.71. The van der Waals surface area contributed by atoms with Crippen LogP contribution in [0.4, 0.5) is 0 Å². The lowest BCUT2D eigenvalue weighted by Crippen LogP contribution is -2.29. The SMILES string of the molecule is Cn1c(Cc2ccc(I)cc2Cl)c(C(=O)COCCO)c2c(c1=O)CCC2. The van der Waals surface area contributed by atoms with Crippen molar-refractivity contribution in [1.29, 1.82) is 0 Å². The maximum Gasteiger partial charge on any atom is 0.254 e. The Morgan fingerprint density at radius 2 is 2.07 bits per heavy atom. The molecule has 0 fully saturated rings. The Bertz CT molecular complexity index is 939. The number of halogens is 2. The molecule has 0 saturated heterocycles.